The lowest BCUT2D eigenvalue weighted by Crippen LogP contribution is -2.03. The van der Waals surface area contributed by atoms with Gasteiger partial charge in [0.15, 0.2) is 17.5 Å². The van der Waals surface area contributed by atoms with E-state index in [0.717, 1.165) is 73.7 Å². The predicted octanol–water partition coefficient (Wildman–Crippen LogP) is 13.6. The van der Waals surface area contributed by atoms with E-state index in [1.807, 2.05) is 42.5 Å². The maximum absolute atomic E-state index is 10.2. The Morgan fingerprint density at radius 2 is 1.12 bits per heavy atom. The third kappa shape index (κ3) is 6.56. The van der Waals surface area contributed by atoms with Gasteiger partial charge in [0.05, 0.1) is 11.6 Å². The highest BCUT2D eigenvalue weighted by Gasteiger charge is 2.15. The average molecular weight is 729 g/mol. The van der Waals surface area contributed by atoms with Crippen LogP contribution in [-0.2, 0) is 0 Å². The van der Waals surface area contributed by atoms with Gasteiger partial charge in [0.25, 0.3) is 0 Å². The van der Waals surface area contributed by atoms with Gasteiger partial charge in [-0.15, -0.1) is 0 Å². The van der Waals surface area contributed by atoms with Crippen molar-refractivity contribution in [1.29, 1.82) is 5.26 Å². The molecule has 0 bridgehead atoms. The molecule has 0 radical (unpaired) electrons. The Balaban J connectivity index is 1.01. The van der Waals surface area contributed by atoms with Crippen LogP contribution in [0.25, 0.3) is 94.0 Å². The van der Waals surface area contributed by atoms with Crippen molar-refractivity contribution in [3.8, 4) is 62.2 Å². The molecule has 0 saturated heterocycles. The first-order valence-electron chi connectivity index (χ1n) is 19.4. The van der Waals surface area contributed by atoms with Gasteiger partial charge in [0.2, 0.25) is 0 Å². The normalized spacial score (nSPS) is 12.5. The van der Waals surface area contributed by atoms with Gasteiger partial charge < -0.3 is 0 Å². The second kappa shape index (κ2) is 14.3. The molecular weight excluding hydrogens is 693 g/mol. The van der Waals surface area contributed by atoms with E-state index in [1.165, 1.54) is 27.1 Å². The maximum atomic E-state index is 10.2. The zero-order valence-electron chi connectivity index (χ0n) is 31.4. The monoisotopic (exact) mass is 728 g/mol. The average Bonchev–Trinajstić information content (AvgIpc) is 3.28. The summed E-state index contributed by atoms with van der Waals surface area (Å²) in [5.41, 5.74) is 11.3. The molecule has 0 saturated carbocycles. The molecule has 57 heavy (non-hydrogen) atoms. The van der Waals surface area contributed by atoms with Crippen LogP contribution in [0, 0.1) is 18.3 Å². The number of allylic oxidation sites excluding steroid dienone is 4. The molecule has 0 atom stereocenters. The van der Waals surface area contributed by atoms with Crippen LogP contribution in [0.3, 0.4) is 0 Å². The summed E-state index contributed by atoms with van der Waals surface area (Å²) in [5, 5.41) is 17.3. The zero-order chi connectivity index (χ0) is 38.3. The quantitative estimate of drug-likeness (QED) is 0.160. The molecular formula is C53H36N4. The molecule has 1 aliphatic carbocycles. The Labute approximate surface area is 331 Å². The molecule has 0 amide bonds. The van der Waals surface area contributed by atoms with Crippen molar-refractivity contribution in [2.45, 2.75) is 19.8 Å². The Bertz CT molecular complexity index is 3130. The van der Waals surface area contributed by atoms with Crippen LogP contribution >= 0.6 is 0 Å². The van der Waals surface area contributed by atoms with E-state index >= 15 is 0 Å². The molecule has 1 aliphatic rings. The number of rotatable bonds is 6. The van der Waals surface area contributed by atoms with E-state index in [0.29, 0.717) is 23.0 Å². The number of aromatic nitrogens is 3. The first-order chi connectivity index (χ1) is 28.1. The SMILES string of the molecule is Cc1ccc2c(-c3cc(C#N)cc(-c4ccc5ccc(-c6ccc(-c7nc(C8=CCCC=C8)nc(-c8ccccc8)n7)cc6)cc5c4)c3)cc3ccccc3c2c1. The third-order valence-corrected chi connectivity index (χ3v) is 11.0. The molecule has 0 spiro atoms. The second-order valence-corrected chi connectivity index (χ2v) is 14.8. The van der Waals surface area contributed by atoms with Crippen LogP contribution in [0.2, 0.25) is 0 Å². The third-order valence-electron chi connectivity index (χ3n) is 11.0. The molecule has 268 valence electrons. The Hall–Kier alpha value is -7.48. The van der Waals surface area contributed by atoms with E-state index in [9.17, 15) is 5.26 Å². The molecule has 4 heteroatoms. The lowest BCUT2D eigenvalue weighted by molar-refractivity contribution is 1.01. The standard InChI is InChI=1S/C53H36N4/c1-34-16-25-48-49(32-43-14-8-9-15-47(43)50(48)26-34)46-28-35(33-54)27-44(31-46)42-24-20-37-19-23-41(29-45(37)30-42)36-17-21-40(22-18-36)53-56-51(38-10-4-2-5-11-38)55-52(57-53)39-12-6-3-7-13-39/h2,4-6,8-32H,3,7H2,1H3. The molecule has 0 fully saturated rings. The molecule has 9 aromatic rings. The number of fused-ring (bicyclic) bond motifs is 4. The Morgan fingerprint density at radius 1 is 0.456 bits per heavy atom. The summed E-state index contributed by atoms with van der Waals surface area (Å²) in [6, 6.07) is 57.9. The largest absolute Gasteiger partial charge is 0.208 e. The van der Waals surface area contributed by atoms with E-state index in [-0.39, 0.29) is 0 Å². The van der Waals surface area contributed by atoms with Crippen molar-refractivity contribution in [2.24, 2.45) is 0 Å². The first-order valence-corrected chi connectivity index (χ1v) is 19.4. The zero-order valence-corrected chi connectivity index (χ0v) is 31.4. The van der Waals surface area contributed by atoms with E-state index in [4.69, 9.17) is 15.0 Å². The smallest absolute Gasteiger partial charge is 0.164 e. The fourth-order valence-electron chi connectivity index (χ4n) is 8.02. The molecule has 0 aliphatic heterocycles. The number of hydrogen-bond acceptors (Lipinski definition) is 4. The fourth-order valence-corrected chi connectivity index (χ4v) is 8.02. The number of aryl methyl sites for hydroxylation is 1. The second-order valence-electron chi connectivity index (χ2n) is 14.8. The highest BCUT2D eigenvalue weighted by molar-refractivity contribution is 6.14. The Kier molecular flexibility index (Phi) is 8.54. The molecule has 4 nitrogen and oxygen atoms in total. The number of hydrogen-bond donors (Lipinski definition) is 0. The van der Waals surface area contributed by atoms with Crippen molar-refractivity contribution in [3.63, 3.8) is 0 Å². The van der Waals surface area contributed by atoms with Crippen molar-refractivity contribution < 1.29 is 0 Å². The van der Waals surface area contributed by atoms with Crippen molar-refractivity contribution in [3.05, 3.63) is 193 Å². The Morgan fingerprint density at radius 3 is 1.88 bits per heavy atom. The minimum Gasteiger partial charge on any atom is -0.208 e. The fraction of sp³-hybridized carbons (Fsp3) is 0.0566. The predicted molar refractivity (Wildman–Crippen MR) is 235 cm³/mol. The molecule has 10 rings (SSSR count). The van der Waals surface area contributed by atoms with E-state index in [1.54, 1.807) is 0 Å². The van der Waals surface area contributed by atoms with Crippen molar-refractivity contribution >= 4 is 37.9 Å². The molecule has 0 unspecified atom stereocenters. The molecule has 0 N–H and O–H groups in total. The minimum absolute atomic E-state index is 0.637. The van der Waals surface area contributed by atoms with E-state index in [2.05, 4.69) is 146 Å². The topological polar surface area (TPSA) is 62.5 Å². The van der Waals surface area contributed by atoms with Gasteiger partial charge >= 0.3 is 0 Å². The van der Waals surface area contributed by atoms with Crippen LogP contribution in [0.4, 0.5) is 0 Å². The minimum atomic E-state index is 0.637. The summed E-state index contributed by atoms with van der Waals surface area (Å²) in [6.45, 7) is 2.14. The summed E-state index contributed by atoms with van der Waals surface area (Å²) < 4.78 is 0. The van der Waals surface area contributed by atoms with Crippen LogP contribution < -0.4 is 0 Å². The van der Waals surface area contributed by atoms with Gasteiger partial charge in [-0.3, -0.25) is 0 Å². The number of benzene rings is 8. The highest BCUT2D eigenvalue weighted by atomic mass is 15.0. The lowest BCUT2D eigenvalue weighted by atomic mass is 9.89. The van der Waals surface area contributed by atoms with Gasteiger partial charge in [0.1, 0.15) is 0 Å². The van der Waals surface area contributed by atoms with Gasteiger partial charge in [-0.2, -0.15) is 5.26 Å². The van der Waals surface area contributed by atoms with Gasteiger partial charge in [-0.1, -0.05) is 145 Å². The van der Waals surface area contributed by atoms with Crippen LogP contribution in [0.5, 0.6) is 0 Å². The molecule has 1 aromatic heterocycles. The van der Waals surface area contributed by atoms with Crippen LogP contribution in [0.15, 0.2) is 176 Å². The summed E-state index contributed by atoms with van der Waals surface area (Å²) in [7, 11) is 0. The number of nitriles is 1. The van der Waals surface area contributed by atoms with Gasteiger partial charge in [-0.25, -0.2) is 15.0 Å². The summed E-state index contributed by atoms with van der Waals surface area (Å²) >= 11 is 0. The van der Waals surface area contributed by atoms with Gasteiger partial charge in [0, 0.05) is 16.7 Å². The summed E-state index contributed by atoms with van der Waals surface area (Å²) in [6.07, 6.45) is 8.50. The lowest BCUT2D eigenvalue weighted by Gasteiger charge is -2.14. The van der Waals surface area contributed by atoms with Crippen LogP contribution in [-0.4, -0.2) is 15.0 Å². The molecule has 1 heterocycles. The van der Waals surface area contributed by atoms with Gasteiger partial charge in [-0.05, 0) is 122 Å². The summed E-state index contributed by atoms with van der Waals surface area (Å²) in [4.78, 5) is 14.7. The maximum Gasteiger partial charge on any atom is 0.164 e. The summed E-state index contributed by atoms with van der Waals surface area (Å²) in [5.74, 6) is 2.01. The first kappa shape index (κ1) is 34.0. The van der Waals surface area contributed by atoms with Crippen LogP contribution in [0.1, 0.15) is 29.8 Å². The van der Waals surface area contributed by atoms with Crippen molar-refractivity contribution in [2.75, 3.05) is 0 Å². The molecule has 8 aromatic carbocycles. The highest BCUT2D eigenvalue weighted by Crippen LogP contribution is 2.38. The van der Waals surface area contributed by atoms with Crippen molar-refractivity contribution in [1.82, 2.24) is 15.0 Å². The van der Waals surface area contributed by atoms with E-state index < -0.39 is 0 Å². The number of nitrogens with zero attached hydrogens (tertiary/aromatic N) is 4.